The predicted octanol–water partition coefficient (Wildman–Crippen LogP) is 3.26. The van der Waals surface area contributed by atoms with Crippen molar-refractivity contribution in [2.75, 3.05) is 18.5 Å². The lowest BCUT2D eigenvalue weighted by Crippen LogP contribution is -2.31. The minimum Gasteiger partial charge on any atom is -0.381 e. The van der Waals surface area contributed by atoms with Gasteiger partial charge in [0.25, 0.3) is 5.91 Å². The first-order valence-corrected chi connectivity index (χ1v) is 8.43. The van der Waals surface area contributed by atoms with Crippen molar-refractivity contribution in [3.05, 3.63) is 58.9 Å². The maximum Gasteiger partial charge on any atom is 0.251 e. The molecule has 24 heavy (non-hydrogen) atoms. The smallest absolute Gasteiger partial charge is 0.251 e. The fraction of sp³-hybridized carbons (Fsp3) is 0.333. The van der Waals surface area contributed by atoms with Crippen molar-refractivity contribution in [3.63, 3.8) is 0 Å². The Morgan fingerprint density at radius 2 is 2.25 bits per heavy atom. The van der Waals surface area contributed by atoms with Crippen LogP contribution in [0.1, 0.15) is 28.8 Å². The van der Waals surface area contributed by atoms with E-state index in [4.69, 9.17) is 16.3 Å². The lowest BCUT2D eigenvalue weighted by atomic mass is 10.1. The lowest BCUT2D eigenvalue weighted by molar-refractivity contribution is 0.0857. The second kappa shape index (κ2) is 8.13. The van der Waals surface area contributed by atoms with Gasteiger partial charge in [-0.25, -0.2) is 4.98 Å². The Kier molecular flexibility index (Phi) is 5.67. The molecule has 126 valence electrons. The summed E-state index contributed by atoms with van der Waals surface area (Å²) in [5.74, 6) is -0.0701. The fourth-order valence-corrected chi connectivity index (χ4v) is 2.83. The van der Waals surface area contributed by atoms with E-state index in [-0.39, 0.29) is 12.0 Å². The van der Waals surface area contributed by atoms with E-state index in [1.807, 2.05) is 30.3 Å². The molecular weight excluding hydrogens is 326 g/mol. The lowest BCUT2D eigenvalue weighted by Gasteiger charge is -2.12. The van der Waals surface area contributed by atoms with Crippen LogP contribution in [0.2, 0.25) is 5.15 Å². The SMILES string of the molecule is O=C(NCC1CCCO1)c1cccc(CNc2ccnc(Cl)c2)c1. The van der Waals surface area contributed by atoms with E-state index in [2.05, 4.69) is 15.6 Å². The number of nitrogens with zero attached hydrogens (tertiary/aromatic N) is 1. The number of carbonyl (C=O) groups is 1. The van der Waals surface area contributed by atoms with Gasteiger partial charge in [-0.3, -0.25) is 4.79 Å². The molecule has 2 aromatic rings. The molecule has 1 atom stereocenters. The first-order valence-electron chi connectivity index (χ1n) is 8.05. The first kappa shape index (κ1) is 16.7. The number of rotatable bonds is 6. The minimum atomic E-state index is -0.0701. The molecule has 0 radical (unpaired) electrons. The third kappa shape index (κ3) is 4.69. The van der Waals surface area contributed by atoms with Crippen molar-refractivity contribution in [1.82, 2.24) is 10.3 Å². The summed E-state index contributed by atoms with van der Waals surface area (Å²) < 4.78 is 5.52. The Morgan fingerprint density at radius 1 is 1.33 bits per heavy atom. The van der Waals surface area contributed by atoms with Crippen molar-refractivity contribution in [3.8, 4) is 0 Å². The van der Waals surface area contributed by atoms with Crippen molar-refractivity contribution in [1.29, 1.82) is 0 Å². The molecule has 1 aromatic heterocycles. The molecule has 1 aliphatic heterocycles. The van der Waals surface area contributed by atoms with Crippen molar-refractivity contribution < 1.29 is 9.53 Å². The zero-order chi connectivity index (χ0) is 16.8. The van der Waals surface area contributed by atoms with Gasteiger partial charge < -0.3 is 15.4 Å². The molecule has 1 aromatic carbocycles. The van der Waals surface area contributed by atoms with Gasteiger partial charge in [0.05, 0.1) is 6.10 Å². The van der Waals surface area contributed by atoms with Gasteiger partial charge >= 0.3 is 0 Å². The van der Waals surface area contributed by atoms with Gasteiger partial charge in [0.2, 0.25) is 0 Å². The molecular formula is C18H20ClN3O2. The Balaban J connectivity index is 1.55. The van der Waals surface area contributed by atoms with Crippen LogP contribution in [0.25, 0.3) is 0 Å². The second-order valence-corrected chi connectivity index (χ2v) is 6.15. The molecule has 0 spiro atoms. The maximum absolute atomic E-state index is 12.3. The average molecular weight is 346 g/mol. The summed E-state index contributed by atoms with van der Waals surface area (Å²) >= 11 is 5.87. The van der Waals surface area contributed by atoms with Gasteiger partial charge in [0.15, 0.2) is 0 Å². The largest absolute Gasteiger partial charge is 0.381 e. The number of anilines is 1. The quantitative estimate of drug-likeness (QED) is 0.789. The average Bonchev–Trinajstić information content (AvgIpc) is 3.12. The predicted molar refractivity (Wildman–Crippen MR) is 94.3 cm³/mol. The number of amides is 1. The number of hydrogen-bond donors (Lipinski definition) is 2. The van der Waals surface area contributed by atoms with Crippen LogP contribution in [-0.4, -0.2) is 30.1 Å². The Labute approximate surface area is 146 Å². The summed E-state index contributed by atoms with van der Waals surface area (Å²) in [5, 5.41) is 6.65. The molecule has 3 rings (SSSR count). The molecule has 1 amide bonds. The first-order chi connectivity index (χ1) is 11.7. The molecule has 1 saturated heterocycles. The molecule has 2 N–H and O–H groups in total. The van der Waals surface area contributed by atoms with Crippen molar-refractivity contribution >= 4 is 23.2 Å². The second-order valence-electron chi connectivity index (χ2n) is 5.77. The summed E-state index contributed by atoms with van der Waals surface area (Å²) in [5.41, 5.74) is 2.57. The van der Waals surface area contributed by atoms with Crippen LogP contribution in [0.15, 0.2) is 42.6 Å². The van der Waals surface area contributed by atoms with Gasteiger partial charge in [-0.05, 0) is 42.7 Å². The number of hydrogen-bond acceptors (Lipinski definition) is 4. The number of nitrogens with one attached hydrogen (secondary N) is 2. The van der Waals surface area contributed by atoms with Crippen LogP contribution >= 0.6 is 11.6 Å². The monoisotopic (exact) mass is 345 g/mol. The van der Waals surface area contributed by atoms with Crippen LogP contribution in [-0.2, 0) is 11.3 Å². The van der Waals surface area contributed by atoms with Gasteiger partial charge in [-0.2, -0.15) is 0 Å². The third-order valence-electron chi connectivity index (χ3n) is 3.93. The Hall–Kier alpha value is -2.11. The highest BCUT2D eigenvalue weighted by molar-refractivity contribution is 6.29. The zero-order valence-corrected chi connectivity index (χ0v) is 14.1. The standard InChI is InChI=1S/C18H20ClN3O2/c19-17-10-15(6-7-20-17)21-11-13-3-1-4-14(9-13)18(23)22-12-16-5-2-8-24-16/h1,3-4,6-7,9-10,16H,2,5,8,11-12H2,(H,20,21)(H,22,23). The normalized spacial score (nSPS) is 16.8. The Morgan fingerprint density at radius 3 is 3.04 bits per heavy atom. The van der Waals surface area contributed by atoms with Gasteiger partial charge in [-0.1, -0.05) is 23.7 Å². The van der Waals surface area contributed by atoms with Crippen molar-refractivity contribution in [2.45, 2.75) is 25.5 Å². The van der Waals surface area contributed by atoms with Gasteiger partial charge in [0.1, 0.15) is 5.15 Å². The summed E-state index contributed by atoms with van der Waals surface area (Å²) in [4.78, 5) is 16.2. The summed E-state index contributed by atoms with van der Waals surface area (Å²) in [6.45, 7) is 1.96. The fourth-order valence-electron chi connectivity index (χ4n) is 2.65. The Bertz CT molecular complexity index is 702. The van der Waals surface area contributed by atoms with E-state index in [1.165, 1.54) is 0 Å². The minimum absolute atomic E-state index is 0.0701. The van der Waals surface area contributed by atoms with Crippen LogP contribution in [0.4, 0.5) is 5.69 Å². The summed E-state index contributed by atoms with van der Waals surface area (Å²) in [7, 11) is 0. The molecule has 0 aliphatic carbocycles. The van der Waals surface area contributed by atoms with Gasteiger partial charge in [0, 0.05) is 37.1 Å². The number of carbonyl (C=O) groups excluding carboxylic acids is 1. The zero-order valence-electron chi connectivity index (χ0n) is 13.3. The number of benzene rings is 1. The van der Waals surface area contributed by atoms with E-state index in [0.29, 0.717) is 23.8 Å². The highest BCUT2D eigenvalue weighted by Gasteiger charge is 2.16. The number of ether oxygens (including phenoxy) is 1. The number of aromatic nitrogens is 1. The molecule has 6 heteroatoms. The van der Waals surface area contributed by atoms with Crippen molar-refractivity contribution in [2.24, 2.45) is 0 Å². The molecule has 1 fully saturated rings. The van der Waals surface area contributed by atoms with E-state index >= 15 is 0 Å². The number of pyridine rings is 1. The molecule has 5 nitrogen and oxygen atoms in total. The third-order valence-corrected chi connectivity index (χ3v) is 4.13. The maximum atomic E-state index is 12.3. The highest BCUT2D eigenvalue weighted by atomic mass is 35.5. The van der Waals surface area contributed by atoms with Crippen LogP contribution in [0.3, 0.4) is 0 Å². The molecule has 2 heterocycles. The van der Waals surface area contributed by atoms with E-state index in [0.717, 1.165) is 30.7 Å². The molecule has 0 bridgehead atoms. The van der Waals surface area contributed by atoms with E-state index < -0.39 is 0 Å². The summed E-state index contributed by atoms with van der Waals surface area (Å²) in [6, 6.07) is 11.2. The summed E-state index contributed by atoms with van der Waals surface area (Å²) in [6.07, 6.45) is 3.88. The van der Waals surface area contributed by atoms with E-state index in [1.54, 1.807) is 12.3 Å². The van der Waals surface area contributed by atoms with Crippen LogP contribution < -0.4 is 10.6 Å². The van der Waals surface area contributed by atoms with E-state index in [9.17, 15) is 4.79 Å². The topological polar surface area (TPSA) is 63.2 Å². The number of halogens is 1. The highest BCUT2D eigenvalue weighted by Crippen LogP contribution is 2.14. The van der Waals surface area contributed by atoms with Crippen LogP contribution in [0.5, 0.6) is 0 Å². The van der Waals surface area contributed by atoms with Crippen LogP contribution in [0, 0.1) is 0 Å². The molecule has 0 saturated carbocycles. The van der Waals surface area contributed by atoms with Gasteiger partial charge in [-0.15, -0.1) is 0 Å². The molecule has 1 aliphatic rings. The molecule has 1 unspecified atom stereocenters.